The highest BCUT2D eigenvalue weighted by Gasteiger charge is 2.09. The lowest BCUT2D eigenvalue weighted by molar-refractivity contribution is 0.0542. The van der Waals surface area contributed by atoms with E-state index in [2.05, 4.69) is 15.9 Å². The summed E-state index contributed by atoms with van der Waals surface area (Å²) >= 11 is 3.27. The molecule has 0 aromatic heterocycles. The van der Waals surface area contributed by atoms with E-state index in [0.717, 1.165) is 4.47 Å². The predicted molar refractivity (Wildman–Crippen MR) is 70.8 cm³/mol. The number of methoxy groups -OCH3 is 1. The molecule has 1 rings (SSSR count). The van der Waals surface area contributed by atoms with Gasteiger partial charge in [-0.2, -0.15) is 0 Å². The standard InChI is InChI=1S/C12H16BrNO4/c1-16-4-5-17-6-7-18-11-3-2-9(13)8-10(11)12(14)15/h2-3,8H,4-7H2,1H3,(H2,14,15). The molecule has 0 aliphatic heterocycles. The molecule has 0 spiro atoms. The highest BCUT2D eigenvalue weighted by Crippen LogP contribution is 2.22. The minimum absolute atomic E-state index is 0.348. The van der Waals surface area contributed by atoms with Crippen molar-refractivity contribution >= 4 is 21.8 Å². The molecular formula is C12H16BrNO4. The Morgan fingerprint density at radius 2 is 2.00 bits per heavy atom. The Kier molecular flexibility index (Phi) is 6.70. The highest BCUT2D eigenvalue weighted by molar-refractivity contribution is 9.10. The van der Waals surface area contributed by atoms with Crippen molar-refractivity contribution in [1.29, 1.82) is 0 Å². The first kappa shape index (κ1) is 14.9. The van der Waals surface area contributed by atoms with Crippen LogP contribution in [0.1, 0.15) is 10.4 Å². The van der Waals surface area contributed by atoms with Crippen LogP contribution in [0.4, 0.5) is 0 Å². The van der Waals surface area contributed by atoms with E-state index in [0.29, 0.717) is 37.7 Å². The normalized spacial score (nSPS) is 10.3. The number of rotatable bonds is 8. The Morgan fingerprint density at radius 3 is 2.67 bits per heavy atom. The molecule has 0 aliphatic carbocycles. The van der Waals surface area contributed by atoms with Crippen LogP contribution in [-0.4, -0.2) is 39.4 Å². The van der Waals surface area contributed by atoms with E-state index in [1.54, 1.807) is 25.3 Å². The number of benzene rings is 1. The van der Waals surface area contributed by atoms with Crippen molar-refractivity contribution in [3.8, 4) is 5.75 Å². The van der Waals surface area contributed by atoms with Crippen molar-refractivity contribution in [2.24, 2.45) is 5.73 Å². The lowest BCUT2D eigenvalue weighted by Gasteiger charge is -2.10. The summed E-state index contributed by atoms with van der Waals surface area (Å²) in [6.07, 6.45) is 0. The number of primary amides is 1. The van der Waals surface area contributed by atoms with Crippen LogP contribution in [0.5, 0.6) is 5.75 Å². The van der Waals surface area contributed by atoms with Gasteiger partial charge in [0.15, 0.2) is 0 Å². The van der Waals surface area contributed by atoms with Crippen molar-refractivity contribution in [3.05, 3.63) is 28.2 Å². The van der Waals surface area contributed by atoms with Crippen LogP contribution in [0.3, 0.4) is 0 Å². The van der Waals surface area contributed by atoms with Crippen molar-refractivity contribution in [3.63, 3.8) is 0 Å². The van der Waals surface area contributed by atoms with E-state index in [1.807, 2.05) is 0 Å². The minimum Gasteiger partial charge on any atom is -0.490 e. The summed E-state index contributed by atoms with van der Waals surface area (Å²) in [5, 5.41) is 0. The van der Waals surface area contributed by atoms with E-state index in [9.17, 15) is 4.79 Å². The maximum absolute atomic E-state index is 11.2. The zero-order valence-corrected chi connectivity index (χ0v) is 11.7. The Hall–Kier alpha value is -1.11. The fourth-order valence-corrected chi connectivity index (χ4v) is 1.64. The predicted octanol–water partition coefficient (Wildman–Crippen LogP) is 1.59. The molecule has 0 saturated carbocycles. The van der Waals surface area contributed by atoms with Crippen LogP contribution >= 0.6 is 15.9 Å². The van der Waals surface area contributed by atoms with Gasteiger partial charge in [-0.15, -0.1) is 0 Å². The van der Waals surface area contributed by atoms with Gasteiger partial charge in [0, 0.05) is 11.6 Å². The summed E-state index contributed by atoms with van der Waals surface area (Å²) in [6, 6.07) is 5.11. The Labute approximate surface area is 114 Å². The third-order valence-corrected chi connectivity index (χ3v) is 2.62. The van der Waals surface area contributed by atoms with Gasteiger partial charge in [0.25, 0.3) is 5.91 Å². The summed E-state index contributed by atoms with van der Waals surface area (Å²) in [5.41, 5.74) is 5.61. The van der Waals surface area contributed by atoms with Gasteiger partial charge >= 0.3 is 0 Å². The topological polar surface area (TPSA) is 70.8 Å². The molecule has 6 heteroatoms. The monoisotopic (exact) mass is 317 g/mol. The quantitative estimate of drug-likeness (QED) is 0.739. The van der Waals surface area contributed by atoms with Gasteiger partial charge in [-0.05, 0) is 18.2 Å². The van der Waals surface area contributed by atoms with Crippen molar-refractivity contribution in [1.82, 2.24) is 0 Å². The third-order valence-electron chi connectivity index (χ3n) is 2.12. The molecule has 100 valence electrons. The number of hydrogen-bond donors (Lipinski definition) is 1. The van der Waals surface area contributed by atoms with Crippen LogP contribution in [0.2, 0.25) is 0 Å². The van der Waals surface area contributed by atoms with Gasteiger partial charge in [0.1, 0.15) is 12.4 Å². The number of nitrogens with two attached hydrogens (primary N) is 1. The minimum atomic E-state index is -0.522. The van der Waals surface area contributed by atoms with Gasteiger partial charge in [-0.1, -0.05) is 15.9 Å². The van der Waals surface area contributed by atoms with E-state index in [4.69, 9.17) is 19.9 Å². The highest BCUT2D eigenvalue weighted by atomic mass is 79.9. The average Bonchev–Trinajstić information content (AvgIpc) is 2.35. The van der Waals surface area contributed by atoms with Gasteiger partial charge in [0.2, 0.25) is 0 Å². The maximum atomic E-state index is 11.2. The van der Waals surface area contributed by atoms with E-state index in [-0.39, 0.29) is 0 Å². The van der Waals surface area contributed by atoms with Crippen molar-refractivity contribution in [2.75, 3.05) is 33.5 Å². The molecule has 0 unspecified atom stereocenters. The fraction of sp³-hybridized carbons (Fsp3) is 0.417. The SMILES string of the molecule is COCCOCCOc1ccc(Br)cc1C(N)=O. The molecule has 0 bridgehead atoms. The number of halogens is 1. The summed E-state index contributed by atoms with van der Waals surface area (Å²) in [5.74, 6) is -0.0624. The Balaban J connectivity index is 2.44. The molecule has 18 heavy (non-hydrogen) atoms. The van der Waals surface area contributed by atoms with E-state index >= 15 is 0 Å². The fourth-order valence-electron chi connectivity index (χ4n) is 1.28. The molecule has 0 radical (unpaired) electrons. The number of hydrogen-bond acceptors (Lipinski definition) is 4. The van der Waals surface area contributed by atoms with Crippen LogP contribution in [0, 0.1) is 0 Å². The second-order valence-electron chi connectivity index (χ2n) is 3.46. The van der Waals surface area contributed by atoms with E-state index in [1.165, 1.54) is 0 Å². The smallest absolute Gasteiger partial charge is 0.252 e. The summed E-state index contributed by atoms with van der Waals surface area (Å²) in [6.45, 7) is 1.84. The second-order valence-corrected chi connectivity index (χ2v) is 4.37. The maximum Gasteiger partial charge on any atom is 0.252 e. The van der Waals surface area contributed by atoms with Crippen LogP contribution in [0.15, 0.2) is 22.7 Å². The van der Waals surface area contributed by atoms with Crippen molar-refractivity contribution in [2.45, 2.75) is 0 Å². The van der Waals surface area contributed by atoms with Crippen LogP contribution in [-0.2, 0) is 9.47 Å². The van der Waals surface area contributed by atoms with Gasteiger partial charge < -0.3 is 19.9 Å². The molecule has 1 amide bonds. The molecule has 0 heterocycles. The second kappa shape index (κ2) is 8.07. The number of amides is 1. The largest absolute Gasteiger partial charge is 0.490 e. The lowest BCUT2D eigenvalue weighted by atomic mass is 10.2. The first-order valence-electron chi connectivity index (χ1n) is 5.44. The zero-order valence-electron chi connectivity index (χ0n) is 10.1. The molecule has 0 fully saturated rings. The molecule has 0 saturated heterocycles. The molecule has 5 nitrogen and oxygen atoms in total. The van der Waals surface area contributed by atoms with Gasteiger partial charge in [0.05, 0.1) is 25.4 Å². The Morgan fingerprint density at radius 1 is 1.28 bits per heavy atom. The molecule has 0 atom stereocenters. The van der Waals surface area contributed by atoms with E-state index < -0.39 is 5.91 Å². The molecule has 2 N–H and O–H groups in total. The lowest BCUT2D eigenvalue weighted by Crippen LogP contribution is -2.15. The van der Waals surface area contributed by atoms with Gasteiger partial charge in [-0.3, -0.25) is 4.79 Å². The first-order valence-corrected chi connectivity index (χ1v) is 6.23. The molecule has 1 aromatic carbocycles. The molecule has 0 aliphatic rings. The summed E-state index contributed by atoms with van der Waals surface area (Å²) in [7, 11) is 1.61. The number of carbonyl (C=O) groups excluding carboxylic acids is 1. The third kappa shape index (κ3) is 5.03. The van der Waals surface area contributed by atoms with Crippen LogP contribution < -0.4 is 10.5 Å². The summed E-state index contributed by atoms with van der Waals surface area (Å²) in [4.78, 5) is 11.2. The first-order chi connectivity index (χ1) is 8.65. The Bertz CT molecular complexity index is 398. The summed E-state index contributed by atoms with van der Waals surface area (Å²) < 4.78 is 16.3. The van der Waals surface area contributed by atoms with Crippen molar-refractivity contribution < 1.29 is 19.0 Å². The number of ether oxygens (including phenoxy) is 3. The molecular weight excluding hydrogens is 302 g/mol. The van der Waals surface area contributed by atoms with Gasteiger partial charge in [-0.25, -0.2) is 0 Å². The number of carbonyl (C=O) groups is 1. The average molecular weight is 318 g/mol. The zero-order chi connectivity index (χ0) is 13.4. The molecule has 1 aromatic rings. The van der Waals surface area contributed by atoms with Crippen LogP contribution in [0.25, 0.3) is 0 Å².